The minimum Gasteiger partial charge on any atom is -0.475 e. The number of carbonyl (C=O) groups is 3. The van der Waals surface area contributed by atoms with E-state index in [1.807, 2.05) is 12.1 Å². The smallest absolute Gasteiger partial charge is 0.475 e. The van der Waals surface area contributed by atoms with Gasteiger partial charge in [-0.2, -0.15) is 18.4 Å². The molecule has 1 fully saturated rings. The molecule has 0 unspecified atom stereocenters. The molecule has 0 radical (unpaired) electrons. The maximum Gasteiger partial charge on any atom is 0.490 e. The van der Waals surface area contributed by atoms with E-state index in [-0.39, 0.29) is 18.4 Å². The highest BCUT2D eigenvalue weighted by Gasteiger charge is 2.38. The molecule has 1 aliphatic heterocycles. The molecule has 3 rings (SSSR count). The monoisotopic (exact) mass is 504 g/mol. The number of hydrogen-bond donors (Lipinski definition) is 2. The summed E-state index contributed by atoms with van der Waals surface area (Å²) in [6.45, 7) is 5.35. The van der Waals surface area contributed by atoms with E-state index in [1.54, 1.807) is 34.1 Å². The Labute approximate surface area is 206 Å². The second-order valence-corrected chi connectivity index (χ2v) is 7.95. The third-order valence-electron chi connectivity index (χ3n) is 5.39. The lowest BCUT2D eigenvalue weighted by atomic mass is 10.1. The van der Waals surface area contributed by atoms with Crippen LogP contribution in [0, 0.1) is 11.3 Å². The van der Waals surface area contributed by atoms with E-state index < -0.39 is 12.1 Å². The summed E-state index contributed by atoms with van der Waals surface area (Å²) in [6, 6.07) is 16.7. The van der Waals surface area contributed by atoms with Gasteiger partial charge in [0.15, 0.2) is 0 Å². The summed E-state index contributed by atoms with van der Waals surface area (Å²) >= 11 is 0. The number of amides is 2. The van der Waals surface area contributed by atoms with Gasteiger partial charge in [-0.25, -0.2) is 4.79 Å². The molecule has 2 aromatic carbocycles. The van der Waals surface area contributed by atoms with Gasteiger partial charge < -0.3 is 20.2 Å². The van der Waals surface area contributed by atoms with Gasteiger partial charge in [0, 0.05) is 38.3 Å². The van der Waals surface area contributed by atoms with Gasteiger partial charge in [-0.3, -0.25) is 9.59 Å². The van der Waals surface area contributed by atoms with E-state index in [0.29, 0.717) is 30.8 Å². The Morgan fingerprint density at radius 1 is 1.03 bits per heavy atom. The molecular formula is C25H27F3N4O4. The zero-order valence-corrected chi connectivity index (χ0v) is 19.7. The Morgan fingerprint density at radius 3 is 2.03 bits per heavy atom. The number of nitriles is 1. The number of aryl methyl sites for hydroxylation is 1. The molecule has 11 heteroatoms. The molecule has 0 atom stereocenters. The molecule has 8 nitrogen and oxygen atoms in total. The van der Waals surface area contributed by atoms with E-state index in [1.165, 1.54) is 5.56 Å². The maximum atomic E-state index is 13.2. The number of carboxylic acids is 1. The molecule has 0 bridgehead atoms. The van der Waals surface area contributed by atoms with Crippen molar-refractivity contribution < 1.29 is 32.7 Å². The van der Waals surface area contributed by atoms with Crippen LogP contribution < -0.4 is 5.32 Å². The highest BCUT2D eigenvalue weighted by molar-refractivity contribution is 5.96. The molecule has 2 aromatic rings. The van der Waals surface area contributed by atoms with Crippen molar-refractivity contribution in [3.8, 4) is 6.07 Å². The number of aliphatic carboxylic acids is 1. The number of piperazine rings is 1. The van der Waals surface area contributed by atoms with Crippen molar-refractivity contribution in [2.45, 2.75) is 26.1 Å². The van der Waals surface area contributed by atoms with E-state index >= 15 is 0 Å². The van der Waals surface area contributed by atoms with E-state index in [9.17, 15) is 22.8 Å². The highest BCUT2D eigenvalue weighted by Crippen LogP contribution is 2.14. The summed E-state index contributed by atoms with van der Waals surface area (Å²) in [5.41, 5.74) is 3.19. The van der Waals surface area contributed by atoms with E-state index in [0.717, 1.165) is 25.1 Å². The number of hydrogen-bond acceptors (Lipinski definition) is 5. The normalized spacial score (nSPS) is 13.1. The zero-order chi connectivity index (χ0) is 26.7. The van der Waals surface area contributed by atoms with Gasteiger partial charge in [-0.05, 0) is 41.8 Å². The summed E-state index contributed by atoms with van der Waals surface area (Å²) in [5.74, 6) is -3.01. The second kappa shape index (κ2) is 13.3. The number of nitrogens with one attached hydrogen (secondary N) is 1. The van der Waals surface area contributed by atoms with Crippen molar-refractivity contribution in [1.82, 2.24) is 15.1 Å². The van der Waals surface area contributed by atoms with Crippen molar-refractivity contribution in [2.24, 2.45) is 0 Å². The number of rotatable bonds is 6. The van der Waals surface area contributed by atoms with Gasteiger partial charge in [0.1, 0.15) is 6.54 Å². The van der Waals surface area contributed by atoms with Gasteiger partial charge in [0.05, 0.1) is 11.6 Å². The molecule has 1 heterocycles. The van der Waals surface area contributed by atoms with Gasteiger partial charge in [0.2, 0.25) is 5.91 Å². The van der Waals surface area contributed by atoms with Crippen LogP contribution in [0.15, 0.2) is 48.5 Å². The predicted octanol–water partition coefficient (Wildman–Crippen LogP) is 2.83. The summed E-state index contributed by atoms with van der Waals surface area (Å²) in [5, 5.41) is 19.3. The Morgan fingerprint density at radius 2 is 1.56 bits per heavy atom. The Bertz CT molecular complexity index is 1070. The van der Waals surface area contributed by atoms with Gasteiger partial charge in [-0.1, -0.05) is 31.2 Å². The third-order valence-corrected chi connectivity index (χ3v) is 5.39. The van der Waals surface area contributed by atoms with Gasteiger partial charge in [0.25, 0.3) is 5.91 Å². The topological polar surface area (TPSA) is 114 Å². The molecular weight excluding hydrogens is 477 g/mol. The molecule has 0 saturated carbocycles. The summed E-state index contributed by atoms with van der Waals surface area (Å²) in [4.78, 5) is 38.2. The lowest BCUT2D eigenvalue weighted by molar-refractivity contribution is -0.192. The van der Waals surface area contributed by atoms with Crippen LogP contribution in [0.3, 0.4) is 0 Å². The Balaban J connectivity index is 0.000000572. The van der Waals surface area contributed by atoms with Crippen LogP contribution >= 0.6 is 0 Å². The van der Waals surface area contributed by atoms with Crippen LogP contribution in [0.5, 0.6) is 0 Å². The standard InChI is InChI=1S/C23H26N4O2.C2HF3O2/c1-2-18-3-5-20(6-4-18)16-27(17-22(28)26-13-11-25-12-14-26)23(29)21-9-7-19(15-24)8-10-21;3-2(4,5)1(6)7/h3-10,25H,2,11-14,16-17H2,1H3;(H,6,7). The molecule has 192 valence electrons. The first-order chi connectivity index (χ1) is 17.0. The second-order valence-electron chi connectivity index (χ2n) is 7.95. The van der Waals surface area contributed by atoms with Crippen molar-refractivity contribution in [3.63, 3.8) is 0 Å². The summed E-state index contributed by atoms with van der Waals surface area (Å²) < 4.78 is 31.7. The Kier molecular flexibility index (Phi) is 10.4. The lowest BCUT2D eigenvalue weighted by Gasteiger charge is -2.30. The van der Waals surface area contributed by atoms with Gasteiger partial charge in [-0.15, -0.1) is 0 Å². The Hall–Kier alpha value is -3.91. The molecule has 0 aliphatic carbocycles. The molecule has 0 spiro atoms. The fourth-order valence-electron chi connectivity index (χ4n) is 3.35. The van der Waals surface area contributed by atoms with Crippen LogP contribution in [0.4, 0.5) is 13.2 Å². The first-order valence-electron chi connectivity index (χ1n) is 11.2. The van der Waals surface area contributed by atoms with Crippen LogP contribution in [0.25, 0.3) is 0 Å². The molecule has 36 heavy (non-hydrogen) atoms. The van der Waals surface area contributed by atoms with E-state index in [4.69, 9.17) is 15.2 Å². The van der Waals surface area contributed by atoms with Crippen molar-refractivity contribution >= 4 is 17.8 Å². The molecule has 1 aliphatic rings. The van der Waals surface area contributed by atoms with Crippen molar-refractivity contribution in [3.05, 3.63) is 70.8 Å². The fraction of sp³-hybridized carbons (Fsp3) is 0.360. The molecule has 2 amide bonds. The highest BCUT2D eigenvalue weighted by atomic mass is 19.4. The summed E-state index contributed by atoms with van der Waals surface area (Å²) in [6.07, 6.45) is -4.13. The largest absolute Gasteiger partial charge is 0.490 e. The zero-order valence-electron chi connectivity index (χ0n) is 19.7. The first-order valence-corrected chi connectivity index (χ1v) is 11.2. The van der Waals surface area contributed by atoms with Crippen molar-refractivity contribution in [2.75, 3.05) is 32.7 Å². The third kappa shape index (κ3) is 8.70. The van der Waals surface area contributed by atoms with Crippen LogP contribution in [0.1, 0.15) is 34.0 Å². The van der Waals surface area contributed by atoms with E-state index in [2.05, 4.69) is 30.4 Å². The molecule has 1 saturated heterocycles. The number of alkyl halides is 3. The number of halogens is 3. The summed E-state index contributed by atoms with van der Waals surface area (Å²) in [7, 11) is 0. The lowest BCUT2D eigenvalue weighted by Crippen LogP contribution is -2.50. The SMILES string of the molecule is CCc1ccc(CN(CC(=O)N2CCNCC2)C(=O)c2ccc(C#N)cc2)cc1.O=C(O)C(F)(F)F. The number of nitrogens with zero attached hydrogens (tertiary/aromatic N) is 3. The maximum absolute atomic E-state index is 13.2. The minimum absolute atomic E-state index is 0.0361. The molecule has 0 aromatic heterocycles. The molecule has 2 N–H and O–H groups in total. The average molecular weight is 505 g/mol. The van der Waals surface area contributed by atoms with Crippen molar-refractivity contribution in [1.29, 1.82) is 5.26 Å². The predicted molar refractivity (Wildman–Crippen MR) is 125 cm³/mol. The minimum atomic E-state index is -5.08. The van der Waals surface area contributed by atoms with Crippen LogP contribution in [0.2, 0.25) is 0 Å². The average Bonchev–Trinajstić information content (AvgIpc) is 2.88. The fourth-order valence-corrected chi connectivity index (χ4v) is 3.35. The van der Waals surface area contributed by atoms with Gasteiger partial charge >= 0.3 is 12.1 Å². The first kappa shape index (κ1) is 28.3. The number of carboxylic acid groups (broad SMARTS) is 1. The number of carbonyl (C=O) groups excluding carboxylic acids is 2. The van der Waals surface area contributed by atoms with Crippen LogP contribution in [-0.4, -0.2) is 71.6 Å². The van der Waals surface area contributed by atoms with Crippen LogP contribution in [-0.2, 0) is 22.6 Å². The number of benzene rings is 2. The quantitative estimate of drug-likeness (QED) is 0.626.